The van der Waals surface area contributed by atoms with Gasteiger partial charge in [0.15, 0.2) is 5.75 Å². The van der Waals surface area contributed by atoms with Crippen LogP contribution in [-0.2, 0) is 0 Å². The van der Waals surface area contributed by atoms with E-state index in [4.69, 9.17) is 4.74 Å². The largest absolute Gasteiger partial charge is 0.485 e. The normalized spacial score (nSPS) is 10.5. The Balaban J connectivity index is 2.54. The molecule has 0 aliphatic carbocycles. The van der Waals surface area contributed by atoms with Gasteiger partial charge in [0.2, 0.25) is 0 Å². The van der Waals surface area contributed by atoms with Crippen LogP contribution in [0.2, 0.25) is 0 Å². The summed E-state index contributed by atoms with van der Waals surface area (Å²) < 4.78 is 8.05. The predicted octanol–water partition coefficient (Wildman–Crippen LogP) is 2.75. The van der Waals surface area contributed by atoms with Crippen LogP contribution in [0.3, 0.4) is 0 Å². The minimum atomic E-state index is 0.365. The molecule has 0 unspecified atom stereocenters. The average Bonchev–Trinajstić information content (AvgIpc) is 2.48. The van der Waals surface area contributed by atoms with E-state index in [1.54, 1.807) is 6.20 Å². The van der Waals surface area contributed by atoms with Crippen LogP contribution in [0.1, 0.15) is 19.9 Å². The highest BCUT2D eigenvalue weighted by atomic mass is 79.9. The number of halogens is 1. The maximum atomic E-state index is 5.37. The van der Waals surface area contributed by atoms with Gasteiger partial charge in [0, 0.05) is 10.5 Å². The summed E-state index contributed by atoms with van der Waals surface area (Å²) in [5.41, 5.74) is 0. The van der Waals surface area contributed by atoms with Crippen LogP contribution < -0.4 is 4.74 Å². The molecular formula is C9H13BrN2O. The fraction of sp³-hybridized carbons (Fsp3) is 0.444. The molecule has 0 saturated heterocycles. The van der Waals surface area contributed by atoms with E-state index >= 15 is 0 Å². The third-order valence-corrected chi connectivity index (χ3v) is 1.73. The topological polar surface area (TPSA) is 27.1 Å². The molecule has 0 atom stereocenters. The zero-order chi connectivity index (χ0) is 9.84. The molecule has 1 rings (SSSR count). The third kappa shape index (κ3) is 3.22. The summed E-state index contributed by atoms with van der Waals surface area (Å²) in [6.45, 7) is 8.29. The lowest BCUT2D eigenvalue weighted by Crippen LogP contribution is -2.00. The first-order valence-corrected chi connectivity index (χ1v) is 4.89. The van der Waals surface area contributed by atoms with Crippen LogP contribution in [0.15, 0.2) is 23.5 Å². The van der Waals surface area contributed by atoms with Crippen molar-refractivity contribution in [3.8, 4) is 5.75 Å². The Bertz CT molecular complexity index is 294. The summed E-state index contributed by atoms with van der Waals surface area (Å²) in [6.07, 6.45) is 3.58. The summed E-state index contributed by atoms with van der Waals surface area (Å²) in [7, 11) is 0. The van der Waals surface area contributed by atoms with Gasteiger partial charge >= 0.3 is 0 Å². The van der Waals surface area contributed by atoms with Crippen molar-refractivity contribution in [2.24, 2.45) is 0 Å². The molecule has 1 aromatic rings. The van der Waals surface area contributed by atoms with Crippen molar-refractivity contribution >= 4 is 15.9 Å². The van der Waals surface area contributed by atoms with Crippen molar-refractivity contribution in [2.45, 2.75) is 19.9 Å². The molecular weight excluding hydrogens is 232 g/mol. The maximum Gasteiger partial charge on any atom is 0.157 e. The van der Waals surface area contributed by atoms with Crippen molar-refractivity contribution < 1.29 is 4.74 Å². The van der Waals surface area contributed by atoms with E-state index in [0.29, 0.717) is 12.6 Å². The van der Waals surface area contributed by atoms with Gasteiger partial charge in [0.1, 0.15) is 6.61 Å². The van der Waals surface area contributed by atoms with Gasteiger partial charge in [-0.25, -0.2) is 0 Å². The van der Waals surface area contributed by atoms with Crippen molar-refractivity contribution in [3.05, 3.63) is 23.5 Å². The molecule has 1 aromatic heterocycles. The molecule has 0 spiro atoms. The smallest absolute Gasteiger partial charge is 0.157 e. The highest BCUT2D eigenvalue weighted by molar-refractivity contribution is 9.11. The van der Waals surface area contributed by atoms with E-state index in [1.165, 1.54) is 0 Å². The van der Waals surface area contributed by atoms with Crippen LogP contribution in [0.4, 0.5) is 0 Å². The quantitative estimate of drug-likeness (QED) is 0.815. The fourth-order valence-electron chi connectivity index (χ4n) is 0.839. The average molecular weight is 245 g/mol. The van der Waals surface area contributed by atoms with Crippen molar-refractivity contribution in [3.63, 3.8) is 0 Å². The molecule has 3 nitrogen and oxygen atoms in total. The summed E-state index contributed by atoms with van der Waals surface area (Å²) in [6, 6.07) is 0.365. The van der Waals surface area contributed by atoms with Gasteiger partial charge in [-0.15, -0.1) is 0 Å². The molecule has 0 radical (unpaired) electrons. The SMILES string of the molecule is C=C(Br)COc1cnn(C(C)C)c1. The lowest BCUT2D eigenvalue weighted by Gasteiger charge is -2.03. The van der Waals surface area contributed by atoms with Gasteiger partial charge in [-0.3, -0.25) is 4.68 Å². The predicted molar refractivity (Wildman–Crippen MR) is 56.2 cm³/mol. The molecule has 0 bridgehead atoms. The van der Waals surface area contributed by atoms with Gasteiger partial charge < -0.3 is 4.74 Å². The monoisotopic (exact) mass is 244 g/mol. The Morgan fingerprint density at radius 3 is 2.92 bits per heavy atom. The summed E-state index contributed by atoms with van der Waals surface area (Å²) in [5, 5.41) is 4.14. The highest BCUT2D eigenvalue weighted by Gasteiger charge is 2.01. The van der Waals surface area contributed by atoms with E-state index in [0.717, 1.165) is 10.2 Å². The van der Waals surface area contributed by atoms with Crippen LogP contribution in [0.25, 0.3) is 0 Å². The number of hydrogen-bond donors (Lipinski definition) is 0. The molecule has 0 aromatic carbocycles. The third-order valence-electron chi connectivity index (χ3n) is 1.50. The molecule has 0 aliphatic rings. The highest BCUT2D eigenvalue weighted by Crippen LogP contribution is 2.13. The molecule has 0 N–H and O–H groups in total. The number of aromatic nitrogens is 2. The maximum absolute atomic E-state index is 5.37. The zero-order valence-electron chi connectivity index (χ0n) is 7.83. The van der Waals surface area contributed by atoms with E-state index in [9.17, 15) is 0 Å². The van der Waals surface area contributed by atoms with Gasteiger partial charge in [0.05, 0.1) is 12.4 Å². The standard InChI is InChI=1S/C9H13BrN2O/c1-7(2)12-5-9(4-11-12)13-6-8(3)10/h4-5,7H,3,6H2,1-2H3. The summed E-state index contributed by atoms with van der Waals surface area (Å²) in [5.74, 6) is 0.773. The van der Waals surface area contributed by atoms with Crippen molar-refractivity contribution in [1.82, 2.24) is 9.78 Å². The molecule has 0 amide bonds. The van der Waals surface area contributed by atoms with E-state index < -0.39 is 0 Å². The van der Waals surface area contributed by atoms with Crippen molar-refractivity contribution in [1.29, 1.82) is 0 Å². The number of nitrogens with zero attached hydrogens (tertiary/aromatic N) is 2. The molecule has 13 heavy (non-hydrogen) atoms. The van der Waals surface area contributed by atoms with Gasteiger partial charge in [-0.2, -0.15) is 5.10 Å². The first-order valence-electron chi connectivity index (χ1n) is 4.10. The van der Waals surface area contributed by atoms with E-state index in [2.05, 4.69) is 41.5 Å². The lowest BCUT2D eigenvalue weighted by molar-refractivity contribution is 0.359. The minimum Gasteiger partial charge on any atom is -0.485 e. The Morgan fingerprint density at radius 1 is 1.77 bits per heavy atom. The fourth-order valence-corrected chi connectivity index (χ4v) is 0.954. The minimum absolute atomic E-state index is 0.365. The summed E-state index contributed by atoms with van der Waals surface area (Å²) in [4.78, 5) is 0. The second kappa shape index (κ2) is 4.46. The van der Waals surface area contributed by atoms with Gasteiger partial charge in [-0.1, -0.05) is 22.5 Å². The first kappa shape index (κ1) is 10.3. The molecule has 72 valence electrons. The first-order chi connectivity index (χ1) is 6.09. The van der Waals surface area contributed by atoms with Crippen LogP contribution in [0.5, 0.6) is 5.75 Å². The number of rotatable bonds is 4. The van der Waals surface area contributed by atoms with Crippen LogP contribution in [0, 0.1) is 0 Å². The van der Waals surface area contributed by atoms with Gasteiger partial charge in [-0.05, 0) is 13.8 Å². The van der Waals surface area contributed by atoms with Crippen molar-refractivity contribution in [2.75, 3.05) is 6.61 Å². The lowest BCUT2D eigenvalue weighted by atomic mass is 10.4. The van der Waals surface area contributed by atoms with Crippen LogP contribution in [-0.4, -0.2) is 16.4 Å². The zero-order valence-corrected chi connectivity index (χ0v) is 9.41. The number of hydrogen-bond acceptors (Lipinski definition) is 2. The molecule has 4 heteroatoms. The number of ether oxygens (including phenoxy) is 1. The molecule has 0 aliphatic heterocycles. The summed E-state index contributed by atoms with van der Waals surface area (Å²) >= 11 is 3.22. The van der Waals surface area contributed by atoms with E-state index in [1.807, 2.05) is 10.9 Å². The van der Waals surface area contributed by atoms with E-state index in [-0.39, 0.29) is 0 Å². The molecule has 0 saturated carbocycles. The Hall–Kier alpha value is -0.770. The second-order valence-electron chi connectivity index (χ2n) is 3.06. The Kier molecular flexibility index (Phi) is 3.54. The molecule has 0 fully saturated rings. The Morgan fingerprint density at radius 2 is 2.46 bits per heavy atom. The second-order valence-corrected chi connectivity index (χ2v) is 4.18. The molecule has 1 heterocycles. The van der Waals surface area contributed by atoms with Gasteiger partial charge in [0.25, 0.3) is 0 Å². The Labute approximate surface area is 86.5 Å². The van der Waals surface area contributed by atoms with Crippen LogP contribution >= 0.6 is 15.9 Å².